The largest absolute Gasteiger partial charge is 0.486 e. The van der Waals surface area contributed by atoms with Crippen LogP contribution in [0.2, 0.25) is 0 Å². The summed E-state index contributed by atoms with van der Waals surface area (Å²) in [6, 6.07) is 0. The van der Waals surface area contributed by atoms with Crippen LogP contribution in [0.25, 0.3) is 0 Å². The Morgan fingerprint density at radius 2 is 1.78 bits per heavy atom. The first-order chi connectivity index (χ1) is 12.8. The van der Waals surface area contributed by atoms with Crippen LogP contribution >= 0.6 is 15.9 Å². The van der Waals surface area contributed by atoms with Crippen molar-refractivity contribution in [3.8, 4) is 0 Å². The molecule has 0 aromatic carbocycles. The molecule has 0 unspecified atom stereocenters. The van der Waals surface area contributed by atoms with Crippen molar-refractivity contribution in [2.45, 2.75) is 31.8 Å². The molecule has 27 heavy (non-hydrogen) atoms. The highest BCUT2D eigenvalue weighted by molar-refractivity contribution is 9.11. The van der Waals surface area contributed by atoms with Crippen LogP contribution in [0.5, 0.6) is 0 Å². The summed E-state index contributed by atoms with van der Waals surface area (Å²) in [6.45, 7) is 7.87. The van der Waals surface area contributed by atoms with Crippen molar-refractivity contribution in [2.24, 2.45) is 0 Å². The molecule has 0 atom stereocenters. The minimum atomic E-state index is -3.50. The van der Waals surface area contributed by atoms with Crippen LogP contribution in [0.15, 0.2) is 34.5 Å². The molecule has 3 fully saturated rings. The number of hydrogen-bond acceptors (Lipinski definition) is 5. The van der Waals surface area contributed by atoms with Crippen molar-refractivity contribution in [1.82, 2.24) is 8.61 Å². The lowest BCUT2D eigenvalue weighted by Crippen LogP contribution is -2.55. The molecule has 150 valence electrons. The first-order valence-corrected chi connectivity index (χ1v) is 11.2. The number of hydrogen-bond donors (Lipinski definition) is 0. The van der Waals surface area contributed by atoms with E-state index in [1.165, 1.54) is 8.61 Å². The third kappa shape index (κ3) is 4.37. The van der Waals surface area contributed by atoms with Crippen LogP contribution in [0.3, 0.4) is 0 Å². The molecule has 9 heteroatoms. The maximum atomic E-state index is 12.8. The number of halogens is 1. The number of morpholine rings is 1. The normalized spacial score (nSPS) is 27.9. The molecule has 7 nitrogen and oxygen atoms in total. The van der Waals surface area contributed by atoms with E-state index in [-0.39, 0.29) is 12.2 Å². The molecule has 3 heterocycles. The van der Waals surface area contributed by atoms with Crippen molar-refractivity contribution < 1.29 is 22.7 Å². The Bertz CT molecular complexity index is 776. The van der Waals surface area contributed by atoms with E-state index in [2.05, 4.69) is 22.5 Å². The monoisotopic (exact) mass is 460 g/mol. The van der Waals surface area contributed by atoms with Gasteiger partial charge in [-0.1, -0.05) is 22.5 Å². The first kappa shape index (κ1) is 20.7. The third-order valence-electron chi connectivity index (χ3n) is 5.19. The molecule has 0 radical (unpaired) electrons. The standard InChI is InChI=1S/C18H25BrN2O5S/c1-3-17-15(12-14(2)19)16(22)13-18(26-17)4-6-20(7-5-18)27(23,24)21-8-10-25-11-9-21/h3,12H,2,4-11,13H2,1H3/b15-12-,17-3+. The zero-order valence-corrected chi connectivity index (χ0v) is 17.9. The highest BCUT2D eigenvalue weighted by Crippen LogP contribution is 2.40. The Morgan fingerprint density at radius 1 is 1.19 bits per heavy atom. The average Bonchev–Trinajstić information content (AvgIpc) is 2.65. The third-order valence-corrected chi connectivity index (χ3v) is 7.46. The summed E-state index contributed by atoms with van der Waals surface area (Å²) in [7, 11) is -3.50. The van der Waals surface area contributed by atoms with Gasteiger partial charge in [-0.2, -0.15) is 17.0 Å². The number of rotatable bonds is 3. The number of piperidine rings is 1. The lowest BCUT2D eigenvalue weighted by molar-refractivity contribution is -0.129. The minimum absolute atomic E-state index is 0.000522. The number of ketones is 1. The zero-order chi connectivity index (χ0) is 19.7. The van der Waals surface area contributed by atoms with Gasteiger partial charge in [-0.25, -0.2) is 0 Å². The topological polar surface area (TPSA) is 76.2 Å². The Morgan fingerprint density at radius 3 is 2.33 bits per heavy atom. The van der Waals surface area contributed by atoms with Gasteiger partial charge in [-0.3, -0.25) is 4.79 Å². The SMILES string of the molecule is C=C(Br)/C=C1/C(=O)CC2(CCN(S(=O)(=O)N3CCOCC3)CC2)O/C1=C/C. The molecule has 0 aliphatic carbocycles. The van der Waals surface area contributed by atoms with E-state index in [0.29, 0.717) is 68.0 Å². The van der Waals surface area contributed by atoms with Crippen LogP contribution in [-0.4, -0.2) is 67.8 Å². The summed E-state index contributed by atoms with van der Waals surface area (Å²) < 4.78 is 40.7. The second-order valence-corrected chi connectivity index (χ2v) is 9.91. The highest BCUT2D eigenvalue weighted by Gasteiger charge is 2.46. The lowest BCUT2D eigenvalue weighted by atomic mass is 9.82. The van der Waals surface area contributed by atoms with E-state index in [1.807, 2.05) is 6.92 Å². The van der Waals surface area contributed by atoms with Crippen LogP contribution < -0.4 is 0 Å². The Hall–Kier alpha value is -1.00. The molecule has 0 aromatic rings. The molecule has 0 amide bonds. The van der Waals surface area contributed by atoms with Crippen molar-refractivity contribution >= 4 is 31.9 Å². The molecule has 0 N–H and O–H groups in total. The van der Waals surface area contributed by atoms with E-state index >= 15 is 0 Å². The number of carbonyl (C=O) groups excluding carboxylic acids is 1. The fraction of sp³-hybridized carbons (Fsp3) is 0.611. The quantitative estimate of drug-likeness (QED) is 0.602. The lowest BCUT2D eigenvalue weighted by Gasteiger charge is -2.45. The molecule has 3 aliphatic rings. The second kappa shape index (κ2) is 8.16. The molecule has 0 aromatic heterocycles. The Kier molecular flexibility index (Phi) is 6.27. The smallest absolute Gasteiger partial charge is 0.282 e. The zero-order valence-electron chi connectivity index (χ0n) is 15.4. The number of allylic oxidation sites excluding steroid dienone is 4. The van der Waals surface area contributed by atoms with Gasteiger partial charge in [0.2, 0.25) is 0 Å². The number of nitrogens with zero attached hydrogens (tertiary/aromatic N) is 2. The van der Waals surface area contributed by atoms with Crippen molar-refractivity contribution in [1.29, 1.82) is 0 Å². The fourth-order valence-corrected chi connectivity index (χ4v) is 5.53. The molecule has 1 spiro atoms. The van der Waals surface area contributed by atoms with Crippen LogP contribution in [0.1, 0.15) is 26.2 Å². The fourth-order valence-electron chi connectivity index (χ4n) is 3.72. The summed E-state index contributed by atoms with van der Waals surface area (Å²) in [6.07, 6.45) is 4.67. The predicted octanol–water partition coefficient (Wildman–Crippen LogP) is 2.13. The van der Waals surface area contributed by atoms with E-state index in [4.69, 9.17) is 9.47 Å². The van der Waals surface area contributed by atoms with Gasteiger partial charge in [0.25, 0.3) is 10.2 Å². The molecule has 3 saturated heterocycles. The van der Waals surface area contributed by atoms with E-state index < -0.39 is 15.8 Å². The van der Waals surface area contributed by atoms with Gasteiger partial charge in [0, 0.05) is 43.5 Å². The summed E-state index contributed by atoms with van der Waals surface area (Å²) in [5, 5.41) is 0. The molecule has 0 bridgehead atoms. The maximum Gasteiger partial charge on any atom is 0.282 e. The van der Waals surface area contributed by atoms with Crippen LogP contribution in [0.4, 0.5) is 0 Å². The summed E-state index contributed by atoms with van der Waals surface area (Å²) in [4.78, 5) is 12.7. The predicted molar refractivity (Wildman–Crippen MR) is 105 cm³/mol. The van der Waals surface area contributed by atoms with Gasteiger partial charge in [0.05, 0.1) is 25.2 Å². The Labute approximate surface area is 169 Å². The molecular weight excluding hydrogens is 436 g/mol. The Balaban J connectivity index is 1.71. The van der Waals surface area contributed by atoms with Crippen molar-refractivity contribution in [2.75, 3.05) is 39.4 Å². The summed E-state index contributed by atoms with van der Waals surface area (Å²) in [5.41, 5.74) is -0.130. The number of carbonyl (C=O) groups is 1. The number of Topliss-reactive ketones (excluding diaryl/α,β-unsaturated/α-hetero) is 1. The molecular formula is C18H25BrN2O5S. The van der Waals surface area contributed by atoms with Gasteiger partial charge in [0.15, 0.2) is 5.78 Å². The van der Waals surface area contributed by atoms with Gasteiger partial charge in [0.1, 0.15) is 11.4 Å². The summed E-state index contributed by atoms with van der Waals surface area (Å²) >= 11 is 3.26. The molecule has 0 saturated carbocycles. The average molecular weight is 461 g/mol. The van der Waals surface area contributed by atoms with Gasteiger partial charge < -0.3 is 9.47 Å². The van der Waals surface area contributed by atoms with Gasteiger partial charge in [-0.05, 0) is 19.1 Å². The molecule has 3 aliphatic heterocycles. The van der Waals surface area contributed by atoms with Crippen molar-refractivity contribution in [3.05, 3.63) is 34.5 Å². The van der Waals surface area contributed by atoms with Crippen molar-refractivity contribution in [3.63, 3.8) is 0 Å². The summed E-state index contributed by atoms with van der Waals surface area (Å²) in [5.74, 6) is 0.538. The van der Waals surface area contributed by atoms with E-state index in [0.717, 1.165) is 0 Å². The van der Waals surface area contributed by atoms with Crippen LogP contribution in [-0.2, 0) is 24.5 Å². The number of ether oxygens (including phenoxy) is 2. The second-order valence-electron chi connectivity index (χ2n) is 6.96. The van der Waals surface area contributed by atoms with E-state index in [1.54, 1.807) is 12.2 Å². The van der Waals surface area contributed by atoms with Gasteiger partial charge in [-0.15, -0.1) is 0 Å². The first-order valence-electron chi connectivity index (χ1n) is 9.05. The van der Waals surface area contributed by atoms with E-state index in [9.17, 15) is 13.2 Å². The minimum Gasteiger partial charge on any atom is -0.486 e. The van der Waals surface area contributed by atoms with Gasteiger partial charge >= 0.3 is 0 Å². The highest BCUT2D eigenvalue weighted by atomic mass is 79.9. The maximum absolute atomic E-state index is 12.8. The molecule has 3 rings (SSSR count). The van der Waals surface area contributed by atoms with Crippen LogP contribution in [0, 0.1) is 0 Å².